The second-order valence-corrected chi connectivity index (χ2v) is 7.66. The van der Waals surface area contributed by atoms with Crippen LogP contribution in [0.2, 0.25) is 0 Å². The summed E-state index contributed by atoms with van der Waals surface area (Å²) in [5.41, 5.74) is 2.67. The number of ether oxygens (including phenoxy) is 2. The van der Waals surface area contributed by atoms with E-state index in [1.54, 1.807) is 12.1 Å². The zero-order valence-electron chi connectivity index (χ0n) is 18.4. The number of methoxy groups -OCH3 is 1. The Balaban J connectivity index is 1.75. The first kappa shape index (κ1) is 22.5. The topological polar surface area (TPSA) is 50.8 Å². The maximum absolute atomic E-state index is 11.7. The van der Waals surface area contributed by atoms with Gasteiger partial charge in [-0.25, -0.2) is 4.79 Å². The molecule has 5 heteroatoms. The maximum atomic E-state index is 11.7. The van der Waals surface area contributed by atoms with Crippen LogP contribution in [-0.4, -0.2) is 58.3 Å². The highest BCUT2D eigenvalue weighted by Crippen LogP contribution is 2.25. The van der Waals surface area contributed by atoms with Crippen LogP contribution in [0.5, 0.6) is 5.75 Å². The van der Waals surface area contributed by atoms with E-state index in [4.69, 9.17) is 9.47 Å². The highest BCUT2D eigenvalue weighted by molar-refractivity contribution is 5.89. The summed E-state index contributed by atoms with van der Waals surface area (Å²) >= 11 is 0. The smallest absolute Gasteiger partial charge is 0.337 e. The summed E-state index contributed by atoms with van der Waals surface area (Å²) in [6.07, 6.45) is 2.11. The fourth-order valence-electron chi connectivity index (χ4n) is 3.26. The van der Waals surface area contributed by atoms with Crippen LogP contribution in [-0.2, 0) is 4.74 Å². The average Bonchev–Trinajstić information content (AvgIpc) is 2.79. The molecule has 31 heavy (non-hydrogen) atoms. The third-order valence-electron chi connectivity index (χ3n) is 4.95. The van der Waals surface area contributed by atoms with Gasteiger partial charge in [0.2, 0.25) is 0 Å². The predicted molar refractivity (Wildman–Crippen MR) is 127 cm³/mol. The number of nitrogens with one attached hydrogen (secondary N) is 1. The number of hydrogen-bond donors (Lipinski definition) is 1. The second kappa shape index (κ2) is 11.3. The minimum Gasteiger partial charge on any atom is -0.489 e. The third-order valence-corrected chi connectivity index (χ3v) is 4.95. The molecule has 3 aromatic rings. The number of fused-ring (bicyclic) bond motifs is 1. The number of likely N-dealkylation sites (N-methyl/N-ethyl adjacent to an activating group) is 1. The van der Waals surface area contributed by atoms with Gasteiger partial charge in [0.05, 0.1) is 12.7 Å². The van der Waals surface area contributed by atoms with E-state index in [1.165, 1.54) is 7.11 Å². The Kier molecular flexibility index (Phi) is 8.21. The van der Waals surface area contributed by atoms with Crippen molar-refractivity contribution in [3.63, 3.8) is 0 Å². The van der Waals surface area contributed by atoms with E-state index < -0.39 is 0 Å². The number of nitrogens with zero attached hydrogens (tertiary/aromatic N) is 1. The molecule has 0 heterocycles. The number of carbonyl (C=O) groups is 1. The Morgan fingerprint density at radius 2 is 1.74 bits per heavy atom. The Morgan fingerprint density at radius 3 is 2.48 bits per heavy atom. The molecule has 3 aromatic carbocycles. The summed E-state index contributed by atoms with van der Waals surface area (Å²) in [4.78, 5) is 13.8. The lowest BCUT2D eigenvalue weighted by molar-refractivity contribution is 0.0600. The number of carbonyl (C=O) groups excluding carboxylic acids is 1. The number of rotatable bonds is 10. The van der Waals surface area contributed by atoms with Gasteiger partial charge in [-0.1, -0.05) is 54.6 Å². The van der Waals surface area contributed by atoms with E-state index in [0.717, 1.165) is 47.3 Å². The summed E-state index contributed by atoms with van der Waals surface area (Å²) in [6.45, 7) is 3.05. The standard InChI is InChI=1S/C26H30N2O3/c1-28(2)16-15-27-18-21(17-20-11-13-23(14-12-20)26(29)30-3)19-31-25-10-6-8-22-7-4-5-9-24(22)25/h4-14,17,27H,15-16,18-19H2,1-3H3/b21-17-. The molecule has 0 aliphatic rings. The van der Waals surface area contributed by atoms with Crippen molar-refractivity contribution in [1.82, 2.24) is 10.2 Å². The van der Waals surface area contributed by atoms with Crippen LogP contribution in [0.1, 0.15) is 15.9 Å². The van der Waals surface area contributed by atoms with Crippen LogP contribution < -0.4 is 10.1 Å². The van der Waals surface area contributed by atoms with Gasteiger partial charge in [-0.05, 0) is 48.8 Å². The van der Waals surface area contributed by atoms with Gasteiger partial charge < -0.3 is 19.7 Å². The molecule has 5 nitrogen and oxygen atoms in total. The molecule has 3 rings (SSSR count). The van der Waals surface area contributed by atoms with Crippen molar-refractivity contribution >= 4 is 22.8 Å². The molecule has 0 aliphatic carbocycles. The van der Waals surface area contributed by atoms with E-state index >= 15 is 0 Å². The average molecular weight is 419 g/mol. The largest absolute Gasteiger partial charge is 0.489 e. The van der Waals surface area contributed by atoms with Crippen molar-refractivity contribution < 1.29 is 14.3 Å². The van der Waals surface area contributed by atoms with Crippen molar-refractivity contribution in [3.05, 3.63) is 83.4 Å². The van der Waals surface area contributed by atoms with Crippen molar-refractivity contribution in [3.8, 4) is 5.75 Å². The van der Waals surface area contributed by atoms with Crippen LogP contribution in [0.4, 0.5) is 0 Å². The predicted octanol–water partition coefficient (Wildman–Crippen LogP) is 4.24. The van der Waals surface area contributed by atoms with Gasteiger partial charge in [-0.15, -0.1) is 0 Å². The molecule has 0 bridgehead atoms. The quantitative estimate of drug-likeness (QED) is 0.394. The molecule has 0 spiro atoms. The fraction of sp³-hybridized carbons (Fsp3) is 0.269. The molecule has 0 fully saturated rings. The van der Waals surface area contributed by atoms with Gasteiger partial charge in [0, 0.05) is 25.0 Å². The number of benzene rings is 3. The van der Waals surface area contributed by atoms with E-state index in [-0.39, 0.29) is 5.97 Å². The van der Waals surface area contributed by atoms with Crippen molar-refractivity contribution in [2.75, 3.05) is 47.4 Å². The van der Waals surface area contributed by atoms with Gasteiger partial charge in [0.1, 0.15) is 12.4 Å². The summed E-state index contributed by atoms with van der Waals surface area (Å²) in [7, 11) is 5.51. The lowest BCUT2D eigenvalue weighted by Gasteiger charge is -2.15. The summed E-state index contributed by atoms with van der Waals surface area (Å²) < 4.78 is 11.0. The van der Waals surface area contributed by atoms with Crippen molar-refractivity contribution in [1.29, 1.82) is 0 Å². The molecule has 1 N–H and O–H groups in total. The van der Waals surface area contributed by atoms with Crippen LogP contribution in [0.25, 0.3) is 16.8 Å². The zero-order chi connectivity index (χ0) is 22.1. The molecule has 0 atom stereocenters. The maximum Gasteiger partial charge on any atom is 0.337 e. The van der Waals surface area contributed by atoms with Gasteiger partial charge in [-0.3, -0.25) is 0 Å². The Hall–Kier alpha value is -3.15. The number of esters is 1. The molecule has 162 valence electrons. The zero-order valence-corrected chi connectivity index (χ0v) is 18.4. The molecular formula is C26H30N2O3. The fourth-order valence-corrected chi connectivity index (χ4v) is 3.26. The Bertz CT molecular complexity index is 1020. The first-order valence-electron chi connectivity index (χ1n) is 10.4. The SMILES string of the molecule is COC(=O)c1ccc(/C=C(/CNCCN(C)C)COc2cccc3ccccc23)cc1. The van der Waals surface area contributed by atoms with E-state index in [1.807, 2.05) is 36.4 Å². The first-order valence-corrected chi connectivity index (χ1v) is 10.4. The normalized spacial score (nSPS) is 11.7. The van der Waals surface area contributed by atoms with Gasteiger partial charge in [0.15, 0.2) is 0 Å². The molecule has 0 aliphatic heterocycles. The van der Waals surface area contributed by atoms with E-state index in [2.05, 4.69) is 48.6 Å². The van der Waals surface area contributed by atoms with Gasteiger partial charge >= 0.3 is 5.97 Å². The molecule has 0 saturated carbocycles. The van der Waals surface area contributed by atoms with Crippen LogP contribution in [0.3, 0.4) is 0 Å². The first-order chi connectivity index (χ1) is 15.1. The number of hydrogen-bond acceptors (Lipinski definition) is 5. The van der Waals surface area contributed by atoms with Gasteiger partial charge in [0.25, 0.3) is 0 Å². The summed E-state index contributed by atoms with van der Waals surface area (Å²) in [6, 6.07) is 21.7. The minimum absolute atomic E-state index is 0.333. The summed E-state index contributed by atoms with van der Waals surface area (Å²) in [5.74, 6) is 0.540. The Labute approximate surface area is 184 Å². The van der Waals surface area contributed by atoms with Crippen molar-refractivity contribution in [2.24, 2.45) is 0 Å². The van der Waals surface area contributed by atoms with Gasteiger partial charge in [-0.2, -0.15) is 0 Å². The van der Waals surface area contributed by atoms with E-state index in [0.29, 0.717) is 12.2 Å². The Morgan fingerprint density at radius 1 is 1.00 bits per heavy atom. The molecule has 0 unspecified atom stereocenters. The molecule has 0 amide bonds. The monoisotopic (exact) mass is 418 g/mol. The highest BCUT2D eigenvalue weighted by atomic mass is 16.5. The highest BCUT2D eigenvalue weighted by Gasteiger charge is 2.07. The van der Waals surface area contributed by atoms with Crippen LogP contribution >= 0.6 is 0 Å². The lowest BCUT2D eigenvalue weighted by Crippen LogP contribution is -2.28. The van der Waals surface area contributed by atoms with Crippen molar-refractivity contribution in [2.45, 2.75) is 0 Å². The molecule has 0 radical (unpaired) electrons. The van der Waals surface area contributed by atoms with E-state index in [9.17, 15) is 4.79 Å². The minimum atomic E-state index is -0.333. The molecular weight excluding hydrogens is 388 g/mol. The van der Waals surface area contributed by atoms with Crippen LogP contribution in [0.15, 0.2) is 72.3 Å². The summed E-state index contributed by atoms with van der Waals surface area (Å²) in [5, 5.41) is 5.75. The molecule has 0 saturated heterocycles. The third kappa shape index (κ3) is 6.67. The second-order valence-electron chi connectivity index (χ2n) is 7.66. The molecule has 0 aromatic heterocycles. The van der Waals surface area contributed by atoms with Crippen LogP contribution in [0, 0.1) is 0 Å². The lowest BCUT2D eigenvalue weighted by atomic mass is 10.1.